The van der Waals surface area contributed by atoms with Crippen molar-refractivity contribution >= 4 is 16.9 Å². The van der Waals surface area contributed by atoms with Crippen LogP contribution < -0.4 is 0 Å². The number of piperidine rings is 1. The van der Waals surface area contributed by atoms with Crippen molar-refractivity contribution in [2.75, 3.05) is 13.1 Å². The third-order valence-electron chi connectivity index (χ3n) is 6.63. The molecule has 9 heteroatoms. The van der Waals surface area contributed by atoms with E-state index in [-0.39, 0.29) is 11.6 Å². The highest BCUT2D eigenvalue weighted by molar-refractivity contribution is 5.94. The first-order chi connectivity index (χ1) is 17.0. The first-order valence-electron chi connectivity index (χ1n) is 11.5. The topological polar surface area (TPSA) is 79.7 Å². The number of aromatic amines is 1. The molecule has 1 aromatic carbocycles. The number of aromatic nitrogens is 5. The fourth-order valence-corrected chi connectivity index (χ4v) is 4.77. The third-order valence-corrected chi connectivity index (χ3v) is 6.63. The number of benzene rings is 1. The molecule has 35 heavy (non-hydrogen) atoms. The van der Waals surface area contributed by atoms with Gasteiger partial charge in [-0.1, -0.05) is 0 Å². The number of hydrogen-bond donors (Lipinski definition) is 1. The van der Waals surface area contributed by atoms with Gasteiger partial charge in [0.25, 0.3) is 5.91 Å². The quantitative estimate of drug-likeness (QED) is 0.414. The summed E-state index contributed by atoms with van der Waals surface area (Å²) in [5, 5.41) is 5.51. The van der Waals surface area contributed by atoms with E-state index in [4.69, 9.17) is 6.42 Å². The van der Waals surface area contributed by atoms with Gasteiger partial charge in [-0.15, -0.1) is 12.3 Å². The molecule has 3 aromatic heterocycles. The van der Waals surface area contributed by atoms with E-state index < -0.39 is 17.5 Å². The van der Waals surface area contributed by atoms with Crippen LogP contribution in [0.15, 0.2) is 49.2 Å². The van der Waals surface area contributed by atoms with Crippen molar-refractivity contribution < 1.29 is 13.6 Å². The minimum atomic E-state index is -0.832. The molecule has 4 aromatic rings. The summed E-state index contributed by atoms with van der Waals surface area (Å²) < 4.78 is 29.1. The van der Waals surface area contributed by atoms with Crippen molar-refractivity contribution in [3.05, 3.63) is 66.4 Å². The maximum atomic E-state index is 14.0. The molecule has 1 aliphatic heterocycles. The first kappa shape index (κ1) is 22.7. The number of likely N-dealkylation sites (tertiary alicyclic amines) is 1. The van der Waals surface area contributed by atoms with E-state index in [1.165, 1.54) is 12.4 Å². The van der Waals surface area contributed by atoms with Crippen LogP contribution in [-0.2, 0) is 0 Å². The van der Waals surface area contributed by atoms with E-state index in [0.717, 1.165) is 53.7 Å². The number of terminal acetylenes is 1. The van der Waals surface area contributed by atoms with Gasteiger partial charge in [-0.3, -0.25) is 9.48 Å². The Labute approximate surface area is 201 Å². The lowest BCUT2D eigenvalue weighted by Gasteiger charge is -2.33. The number of hydrogen-bond acceptors (Lipinski definition) is 4. The third kappa shape index (κ3) is 4.64. The van der Waals surface area contributed by atoms with Gasteiger partial charge >= 0.3 is 0 Å². The monoisotopic (exact) mass is 474 g/mol. The SMILES string of the molecule is C#CCC(CC1CCN(C(=O)c2ccc(F)cc2F)CC1)n1cc(-c2ncnc3[nH]ccc23)cn1. The van der Waals surface area contributed by atoms with Gasteiger partial charge in [-0.25, -0.2) is 18.7 Å². The lowest BCUT2D eigenvalue weighted by molar-refractivity contribution is 0.0674. The average molecular weight is 475 g/mol. The molecule has 0 aliphatic carbocycles. The molecule has 0 bridgehead atoms. The summed E-state index contributed by atoms with van der Waals surface area (Å²) in [5.41, 5.74) is 2.37. The highest BCUT2D eigenvalue weighted by Gasteiger charge is 2.27. The number of rotatable bonds is 6. The van der Waals surface area contributed by atoms with Gasteiger partial charge in [0.1, 0.15) is 23.6 Å². The van der Waals surface area contributed by atoms with E-state index in [2.05, 4.69) is 26.0 Å². The van der Waals surface area contributed by atoms with Gasteiger partial charge < -0.3 is 9.88 Å². The number of H-pyrrole nitrogens is 1. The van der Waals surface area contributed by atoms with Crippen molar-refractivity contribution in [3.63, 3.8) is 0 Å². The van der Waals surface area contributed by atoms with Gasteiger partial charge in [0.15, 0.2) is 0 Å². The second-order valence-electron chi connectivity index (χ2n) is 8.83. The molecule has 1 fully saturated rings. The van der Waals surface area contributed by atoms with Crippen molar-refractivity contribution in [3.8, 4) is 23.6 Å². The fourth-order valence-electron chi connectivity index (χ4n) is 4.77. The van der Waals surface area contributed by atoms with Crippen LogP contribution in [0.5, 0.6) is 0 Å². The number of amides is 1. The van der Waals surface area contributed by atoms with Crippen molar-refractivity contribution in [1.82, 2.24) is 29.6 Å². The Hall–Kier alpha value is -4.06. The summed E-state index contributed by atoms with van der Waals surface area (Å²) in [5.74, 6) is 1.17. The number of halogens is 2. The van der Waals surface area contributed by atoms with Crippen LogP contribution >= 0.6 is 0 Å². The standard InChI is InChI=1S/C26H24F2N6O/c1-2-3-20(34-15-18(14-32-34)24-22-6-9-29-25(22)31-16-30-24)12-17-7-10-33(11-8-17)26(35)21-5-4-19(27)13-23(21)28/h1,4-6,9,13-17,20H,3,7-8,10-12H2,(H,29,30,31). The fraction of sp³-hybridized carbons (Fsp3) is 0.308. The second-order valence-corrected chi connectivity index (χ2v) is 8.83. The molecule has 5 rings (SSSR count). The summed E-state index contributed by atoms with van der Waals surface area (Å²) >= 11 is 0. The number of nitrogens with zero attached hydrogens (tertiary/aromatic N) is 5. The smallest absolute Gasteiger partial charge is 0.256 e. The molecular formula is C26H24F2N6O. The van der Waals surface area contributed by atoms with Crippen molar-refractivity contribution in [1.29, 1.82) is 0 Å². The minimum Gasteiger partial charge on any atom is -0.346 e. The van der Waals surface area contributed by atoms with E-state index >= 15 is 0 Å². The van der Waals surface area contributed by atoms with E-state index in [0.29, 0.717) is 25.4 Å². The number of nitrogens with one attached hydrogen (secondary N) is 1. The highest BCUT2D eigenvalue weighted by Crippen LogP contribution is 2.31. The van der Waals surface area contributed by atoms with Crippen molar-refractivity contribution in [2.45, 2.75) is 31.7 Å². The number of fused-ring (bicyclic) bond motifs is 1. The van der Waals surface area contributed by atoms with Crippen LogP contribution in [0.1, 0.15) is 42.1 Å². The van der Waals surface area contributed by atoms with Crippen LogP contribution in [-0.4, -0.2) is 48.6 Å². The van der Waals surface area contributed by atoms with E-state index in [1.54, 1.807) is 11.1 Å². The zero-order chi connectivity index (χ0) is 24.4. The summed E-state index contributed by atoms with van der Waals surface area (Å²) in [7, 11) is 0. The predicted octanol–water partition coefficient (Wildman–Crippen LogP) is 4.61. The Bertz CT molecular complexity index is 1400. The van der Waals surface area contributed by atoms with Crippen LogP contribution in [0.2, 0.25) is 0 Å². The molecule has 1 aliphatic rings. The molecule has 7 nitrogen and oxygen atoms in total. The highest BCUT2D eigenvalue weighted by atomic mass is 19.1. The molecule has 1 saturated heterocycles. The predicted molar refractivity (Wildman–Crippen MR) is 127 cm³/mol. The minimum absolute atomic E-state index is 0.0131. The number of carbonyl (C=O) groups excluding carboxylic acids is 1. The van der Waals surface area contributed by atoms with E-state index in [1.807, 2.05) is 23.1 Å². The summed E-state index contributed by atoms with van der Waals surface area (Å²) in [6, 6.07) is 5.00. The summed E-state index contributed by atoms with van der Waals surface area (Å²) in [4.78, 5) is 26.1. The Morgan fingerprint density at radius 3 is 2.83 bits per heavy atom. The van der Waals surface area contributed by atoms with Crippen LogP contribution in [0.25, 0.3) is 22.3 Å². The Morgan fingerprint density at radius 1 is 1.23 bits per heavy atom. The van der Waals surface area contributed by atoms with E-state index in [9.17, 15) is 13.6 Å². The molecule has 1 atom stereocenters. The summed E-state index contributed by atoms with van der Waals surface area (Å²) in [6.45, 7) is 1.03. The molecule has 0 spiro atoms. The second kappa shape index (κ2) is 9.66. The Balaban J connectivity index is 1.25. The largest absolute Gasteiger partial charge is 0.346 e. The van der Waals surface area contributed by atoms with Crippen LogP contribution in [0.3, 0.4) is 0 Å². The maximum absolute atomic E-state index is 14.0. The molecule has 0 radical (unpaired) electrons. The lowest BCUT2D eigenvalue weighted by atomic mass is 9.89. The van der Waals surface area contributed by atoms with Gasteiger partial charge in [-0.2, -0.15) is 5.10 Å². The maximum Gasteiger partial charge on any atom is 0.256 e. The summed E-state index contributed by atoms with van der Waals surface area (Å²) in [6.07, 6.45) is 15.7. The molecule has 1 amide bonds. The Morgan fingerprint density at radius 2 is 2.06 bits per heavy atom. The molecular weight excluding hydrogens is 450 g/mol. The zero-order valence-electron chi connectivity index (χ0n) is 19.0. The van der Waals surface area contributed by atoms with Crippen LogP contribution in [0, 0.1) is 29.9 Å². The van der Waals surface area contributed by atoms with Gasteiger partial charge in [0, 0.05) is 48.9 Å². The molecule has 0 saturated carbocycles. The Kier molecular flexibility index (Phi) is 6.27. The van der Waals surface area contributed by atoms with Gasteiger partial charge in [0.2, 0.25) is 0 Å². The first-order valence-corrected chi connectivity index (χ1v) is 11.5. The molecule has 1 unspecified atom stereocenters. The molecule has 4 heterocycles. The normalized spacial score (nSPS) is 15.3. The van der Waals surface area contributed by atoms with Gasteiger partial charge in [-0.05, 0) is 43.4 Å². The molecule has 178 valence electrons. The molecule has 1 N–H and O–H groups in total. The van der Waals surface area contributed by atoms with Crippen LogP contribution in [0.4, 0.5) is 8.78 Å². The zero-order valence-corrected chi connectivity index (χ0v) is 19.0. The number of carbonyl (C=O) groups is 1. The van der Waals surface area contributed by atoms with Crippen molar-refractivity contribution in [2.24, 2.45) is 5.92 Å². The van der Waals surface area contributed by atoms with Gasteiger partial charge in [0.05, 0.1) is 23.5 Å². The lowest BCUT2D eigenvalue weighted by Crippen LogP contribution is -2.39. The average Bonchev–Trinajstić information content (AvgIpc) is 3.54.